The van der Waals surface area contributed by atoms with Crippen molar-refractivity contribution in [1.82, 2.24) is 10.8 Å². The van der Waals surface area contributed by atoms with Gasteiger partial charge in [0.2, 0.25) is 5.91 Å². The summed E-state index contributed by atoms with van der Waals surface area (Å²) in [5, 5.41) is 19.9. The van der Waals surface area contributed by atoms with Crippen LogP contribution in [0.2, 0.25) is 0 Å². The predicted octanol–water partition coefficient (Wildman–Crippen LogP) is 2.66. The topological polar surface area (TPSA) is 142 Å². The molecule has 1 aromatic rings. The summed E-state index contributed by atoms with van der Waals surface area (Å²) in [6.07, 6.45) is 8.32. The van der Waals surface area contributed by atoms with E-state index in [4.69, 9.17) is 16.0 Å². The molecule has 1 aromatic carbocycles. The fourth-order valence-corrected chi connectivity index (χ4v) is 3.29. The first kappa shape index (κ1) is 25.6. The second-order valence-electron chi connectivity index (χ2n) is 7.53. The number of carbonyl (C=O) groups excluding carboxylic acids is 2. The summed E-state index contributed by atoms with van der Waals surface area (Å²) in [7, 11) is 0. The van der Waals surface area contributed by atoms with Crippen molar-refractivity contribution in [3.8, 4) is 0 Å². The molecule has 0 heterocycles. The van der Waals surface area contributed by atoms with E-state index in [9.17, 15) is 14.4 Å². The van der Waals surface area contributed by atoms with Crippen molar-refractivity contribution < 1.29 is 24.7 Å². The van der Waals surface area contributed by atoms with E-state index in [0.29, 0.717) is 13.0 Å². The first-order valence-corrected chi connectivity index (χ1v) is 10.7. The quantitative estimate of drug-likeness (QED) is 0.158. The molecule has 0 aliphatic rings. The second kappa shape index (κ2) is 15.4. The van der Waals surface area contributed by atoms with Crippen LogP contribution in [0.5, 0.6) is 0 Å². The van der Waals surface area contributed by atoms with Crippen LogP contribution in [0.3, 0.4) is 0 Å². The van der Waals surface area contributed by atoms with Gasteiger partial charge in [-0.2, -0.15) is 0 Å². The Hall–Kier alpha value is -2.45. The number of carboxylic acid groups (broad SMARTS) is 1. The Morgan fingerprint density at radius 2 is 1.57 bits per heavy atom. The molecule has 8 heteroatoms. The molecule has 0 bridgehead atoms. The average molecular weight is 422 g/mol. The number of nitrogens with two attached hydrogens (primary N) is 1. The molecule has 0 unspecified atom stereocenters. The van der Waals surface area contributed by atoms with Crippen LogP contribution in [-0.4, -0.2) is 34.1 Å². The lowest BCUT2D eigenvalue weighted by molar-refractivity contribution is -0.139. The van der Waals surface area contributed by atoms with Crippen molar-refractivity contribution in [2.75, 3.05) is 0 Å². The molecule has 30 heavy (non-hydrogen) atoms. The molecule has 0 aliphatic carbocycles. The number of unbranched alkanes of at least 4 members (excludes halogenated alkanes) is 6. The van der Waals surface area contributed by atoms with Crippen LogP contribution in [-0.2, 0) is 27.3 Å². The van der Waals surface area contributed by atoms with E-state index < -0.39 is 17.9 Å². The Labute approximate surface area is 178 Å². The van der Waals surface area contributed by atoms with Crippen molar-refractivity contribution >= 4 is 17.8 Å². The van der Waals surface area contributed by atoms with Gasteiger partial charge in [-0.1, -0.05) is 56.4 Å². The van der Waals surface area contributed by atoms with Crippen LogP contribution >= 0.6 is 0 Å². The molecule has 1 atom stereocenters. The molecule has 0 saturated carbocycles. The second-order valence-corrected chi connectivity index (χ2v) is 7.53. The minimum atomic E-state index is -1.07. The molecule has 0 aliphatic heterocycles. The number of amides is 2. The van der Waals surface area contributed by atoms with Crippen molar-refractivity contribution in [3.05, 3.63) is 35.4 Å². The SMILES string of the molecule is NCc1cccc(CCCCCCCCCC(=O)N[C@H](CCC(=O)O)C(=O)NO)c1. The average Bonchev–Trinajstić information content (AvgIpc) is 2.74. The lowest BCUT2D eigenvalue weighted by Crippen LogP contribution is -2.46. The summed E-state index contributed by atoms with van der Waals surface area (Å²) in [5.74, 6) is -2.18. The van der Waals surface area contributed by atoms with E-state index in [-0.39, 0.29) is 25.2 Å². The Balaban J connectivity index is 2.08. The van der Waals surface area contributed by atoms with Gasteiger partial charge in [-0.3, -0.25) is 19.6 Å². The van der Waals surface area contributed by atoms with Gasteiger partial charge >= 0.3 is 5.97 Å². The molecule has 0 fully saturated rings. The Bertz CT molecular complexity index is 666. The minimum Gasteiger partial charge on any atom is -0.481 e. The summed E-state index contributed by atoms with van der Waals surface area (Å²) in [4.78, 5) is 34.1. The predicted molar refractivity (Wildman–Crippen MR) is 114 cm³/mol. The van der Waals surface area contributed by atoms with Crippen molar-refractivity contribution in [2.24, 2.45) is 5.73 Å². The third-order valence-electron chi connectivity index (χ3n) is 5.01. The van der Waals surface area contributed by atoms with Gasteiger partial charge in [0.15, 0.2) is 0 Å². The van der Waals surface area contributed by atoms with Gasteiger partial charge in [0.05, 0.1) is 0 Å². The number of aryl methyl sites for hydroxylation is 1. The van der Waals surface area contributed by atoms with E-state index in [0.717, 1.165) is 38.5 Å². The fraction of sp³-hybridized carbons (Fsp3) is 0.591. The minimum absolute atomic E-state index is 0.0655. The number of aliphatic carboxylic acids is 1. The third kappa shape index (κ3) is 11.5. The zero-order valence-electron chi connectivity index (χ0n) is 17.6. The third-order valence-corrected chi connectivity index (χ3v) is 5.01. The van der Waals surface area contributed by atoms with Gasteiger partial charge in [-0.05, 0) is 36.8 Å². The van der Waals surface area contributed by atoms with Crippen LogP contribution in [0.15, 0.2) is 24.3 Å². The van der Waals surface area contributed by atoms with E-state index in [1.165, 1.54) is 23.0 Å². The summed E-state index contributed by atoms with van der Waals surface area (Å²) < 4.78 is 0. The lowest BCUT2D eigenvalue weighted by Gasteiger charge is -2.15. The van der Waals surface area contributed by atoms with Crippen molar-refractivity contribution in [1.29, 1.82) is 0 Å². The van der Waals surface area contributed by atoms with E-state index >= 15 is 0 Å². The summed E-state index contributed by atoms with van der Waals surface area (Å²) in [6, 6.07) is 7.37. The molecule has 1 rings (SSSR count). The molecule has 0 saturated heterocycles. The summed E-state index contributed by atoms with van der Waals surface area (Å²) in [6.45, 7) is 0.573. The van der Waals surface area contributed by atoms with Crippen LogP contribution in [0.25, 0.3) is 0 Å². The van der Waals surface area contributed by atoms with Crippen LogP contribution < -0.4 is 16.5 Å². The highest BCUT2D eigenvalue weighted by Crippen LogP contribution is 2.13. The molecule has 0 aromatic heterocycles. The van der Waals surface area contributed by atoms with Gasteiger partial charge in [0, 0.05) is 19.4 Å². The van der Waals surface area contributed by atoms with Crippen LogP contribution in [0.1, 0.15) is 75.3 Å². The number of carbonyl (C=O) groups is 3. The van der Waals surface area contributed by atoms with Gasteiger partial charge in [0.1, 0.15) is 6.04 Å². The number of carboxylic acids is 1. The number of hydrogen-bond acceptors (Lipinski definition) is 5. The smallest absolute Gasteiger partial charge is 0.303 e. The molecule has 0 spiro atoms. The largest absolute Gasteiger partial charge is 0.481 e. The maximum absolute atomic E-state index is 11.9. The molecule has 2 amide bonds. The molecular formula is C22H35N3O5. The molecule has 8 nitrogen and oxygen atoms in total. The van der Waals surface area contributed by atoms with Gasteiger partial charge in [-0.25, -0.2) is 5.48 Å². The molecule has 0 radical (unpaired) electrons. The first-order valence-electron chi connectivity index (χ1n) is 10.7. The molecule has 168 valence electrons. The molecular weight excluding hydrogens is 386 g/mol. The Morgan fingerprint density at radius 1 is 0.933 bits per heavy atom. The lowest BCUT2D eigenvalue weighted by atomic mass is 10.0. The van der Waals surface area contributed by atoms with Gasteiger partial charge < -0.3 is 16.2 Å². The Morgan fingerprint density at radius 3 is 2.20 bits per heavy atom. The van der Waals surface area contributed by atoms with E-state index in [2.05, 4.69) is 23.5 Å². The number of hydrogen-bond donors (Lipinski definition) is 5. The van der Waals surface area contributed by atoms with Gasteiger partial charge in [0.25, 0.3) is 5.91 Å². The van der Waals surface area contributed by atoms with Crippen LogP contribution in [0, 0.1) is 0 Å². The zero-order valence-corrected chi connectivity index (χ0v) is 17.6. The highest BCUT2D eigenvalue weighted by atomic mass is 16.5. The highest BCUT2D eigenvalue weighted by Gasteiger charge is 2.21. The highest BCUT2D eigenvalue weighted by molar-refractivity contribution is 5.87. The first-order chi connectivity index (χ1) is 14.5. The fourth-order valence-electron chi connectivity index (χ4n) is 3.29. The monoisotopic (exact) mass is 421 g/mol. The zero-order chi connectivity index (χ0) is 22.2. The molecule has 6 N–H and O–H groups in total. The van der Waals surface area contributed by atoms with Crippen LogP contribution in [0.4, 0.5) is 0 Å². The summed E-state index contributed by atoms with van der Waals surface area (Å²) in [5.41, 5.74) is 9.63. The van der Waals surface area contributed by atoms with E-state index in [1.807, 2.05) is 6.07 Å². The maximum atomic E-state index is 11.9. The Kier molecular flexibility index (Phi) is 13.1. The van der Waals surface area contributed by atoms with Gasteiger partial charge in [-0.15, -0.1) is 0 Å². The standard InChI is InChI=1S/C22H35N3O5/c23-16-18-11-8-10-17(15-18)9-6-4-2-1-3-5-7-12-20(26)24-19(22(29)25-30)13-14-21(27)28/h8,10-11,15,19,30H,1-7,9,12-14,16,23H2,(H,24,26)(H,25,29)(H,27,28)/t19-/m1/s1. The number of nitrogens with one attached hydrogen (secondary N) is 2. The number of hydroxylamine groups is 1. The van der Waals surface area contributed by atoms with Crippen molar-refractivity contribution in [3.63, 3.8) is 0 Å². The number of rotatable bonds is 16. The van der Waals surface area contributed by atoms with E-state index in [1.54, 1.807) is 0 Å². The van der Waals surface area contributed by atoms with Crippen molar-refractivity contribution in [2.45, 2.75) is 83.2 Å². The maximum Gasteiger partial charge on any atom is 0.303 e. The summed E-state index contributed by atoms with van der Waals surface area (Å²) >= 11 is 0. The number of benzene rings is 1. The normalized spacial score (nSPS) is 11.7.